The van der Waals surface area contributed by atoms with Gasteiger partial charge in [0, 0.05) is 18.2 Å². The lowest BCUT2D eigenvalue weighted by molar-refractivity contribution is 0.0696. The molecule has 3 N–H and O–H groups in total. The van der Waals surface area contributed by atoms with Crippen LogP contribution < -0.4 is 5.73 Å². The Morgan fingerprint density at radius 1 is 1.65 bits per heavy atom. The third-order valence-corrected chi connectivity index (χ3v) is 3.95. The molecule has 0 unspecified atom stereocenters. The van der Waals surface area contributed by atoms with E-state index in [4.69, 9.17) is 10.8 Å². The van der Waals surface area contributed by atoms with E-state index < -0.39 is 5.97 Å². The van der Waals surface area contributed by atoms with Gasteiger partial charge in [-0.05, 0) is 11.6 Å². The molecule has 2 heterocycles. The first-order chi connectivity index (χ1) is 8.07. The number of rotatable bonds is 1. The van der Waals surface area contributed by atoms with E-state index in [-0.39, 0.29) is 23.4 Å². The van der Waals surface area contributed by atoms with Crippen molar-refractivity contribution in [2.75, 3.05) is 5.73 Å². The second-order valence-electron chi connectivity index (χ2n) is 4.92. The van der Waals surface area contributed by atoms with Gasteiger partial charge in [-0.15, -0.1) is 0 Å². The summed E-state index contributed by atoms with van der Waals surface area (Å²) in [6, 6.07) is 0. The van der Waals surface area contributed by atoms with Crippen molar-refractivity contribution in [2.45, 2.75) is 31.0 Å². The zero-order valence-corrected chi connectivity index (χ0v) is 9.18. The van der Waals surface area contributed by atoms with Crippen LogP contribution in [0.2, 0.25) is 5.31 Å². The molecule has 0 radical (unpaired) electrons. The molecule has 7 heteroatoms. The number of anilines is 1. The average molecular weight is 230 g/mol. The Balaban J connectivity index is 2.10. The van der Waals surface area contributed by atoms with Crippen LogP contribution in [-0.2, 0) is 12.9 Å². The van der Waals surface area contributed by atoms with Gasteiger partial charge in [0.05, 0.1) is 0 Å². The maximum absolute atomic E-state index is 11.1. The van der Waals surface area contributed by atoms with E-state index >= 15 is 0 Å². The second-order valence-corrected chi connectivity index (χ2v) is 4.92. The number of carboxylic acid groups (broad SMARTS) is 1. The zero-order chi connectivity index (χ0) is 12.2. The number of nitriles is 1. The molecule has 6 nitrogen and oxygen atoms in total. The number of nitrogens with zero attached hydrogens (tertiary/aromatic N) is 3. The summed E-state index contributed by atoms with van der Waals surface area (Å²) in [5.74, 6) is 1.29. The van der Waals surface area contributed by atoms with Crippen LogP contribution in [0, 0.1) is 11.2 Å². The van der Waals surface area contributed by atoms with E-state index in [1.54, 1.807) is 4.68 Å². The standard InChI is InChI=1S/C10H11BN4O2/c12-5-11-3-6-7(9(16)17)8(13)14-15(6)4-10(11)1-2-10/h1-4H2,(H2,13,14)(H,16,17). The van der Waals surface area contributed by atoms with E-state index in [0.717, 1.165) is 12.8 Å². The Morgan fingerprint density at radius 2 is 2.35 bits per heavy atom. The number of nitrogens with two attached hydrogens (primary N) is 1. The average Bonchev–Trinajstić information content (AvgIpc) is 2.93. The number of aromatic carboxylic acids is 1. The van der Waals surface area contributed by atoms with E-state index in [1.165, 1.54) is 0 Å². The van der Waals surface area contributed by atoms with Gasteiger partial charge in [-0.2, -0.15) is 5.10 Å². The Morgan fingerprint density at radius 3 is 2.88 bits per heavy atom. The van der Waals surface area contributed by atoms with Crippen LogP contribution >= 0.6 is 0 Å². The van der Waals surface area contributed by atoms with Crippen LogP contribution in [0.1, 0.15) is 28.9 Å². The Bertz CT molecular complexity index is 555. The largest absolute Gasteiger partial charge is 0.477 e. The Hall–Kier alpha value is -1.97. The fourth-order valence-corrected chi connectivity index (χ4v) is 2.76. The fourth-order valence-electron chi connectivity index (χ4n) is 2.76. The van der Waals surface area contributed by atoms with Crippen LogP contribution in [0.25, 0.3) is 0 Å². The van der Waals surface area contributed by atoms with Crippen molar-refractivity contribution in [3.8, 4) is 5.97 Å². The molecular weight excluding hydrogens is 219 g/mol. The molecule has 2 aliphatic rings. The molecule has 1 aliphatic heterocycles. The van der Waals surface area contributed by atoms with Crippen LogP contribution in [0.15, 0.2) is 0 Å². The first-order valence-corrected chi connectivity index (χ1v) is 5.55. The van der Waals surface area contributed by atoms with Crippen LogP contribution in [-0.4, -0.2) is 27.6 Å². The van der Waals surface area contributed by atoms with Gasteiger partial charge < -0.3 is 10.8 Å². The monoisotopic (exact) mass is 230 g/mol. The van der Waals surface area contributed by atoms with E-state index in [0.29, 0.717) is 18.6 Å². The third kappa shape index (κ3) is 1.27. The molecule has 0 bridgehead atoms. The SMILES string of the molecule is N#CB1Cc2c(C(=O)O)c(N)nn2CC12CC2. The third-order valence-electron chi connectivity index (χ3n) is 3.95. The van der Waals surface area contributed by atoms with E-state index in [1.807, 2.05) is 0 Å². The van der Waals surface area contributed by atoms with Crippen molar-refractivity contribution in [3.05, 3.63) is 11.3 Å². The lowest BCUT2D eigenvalue weighted by atomic mass is 9.36. The highest BCUT2D eigenvalue weighted by Gasteiger charge is 2.56. The van der Waals surface area contributed by atoms with Gasteiger partial charge in [0.1, 0.15) is 5.56 Å². The number of hydrogen-bond acceptors (Lipinski definition) is 4. The van der Waals surface area contributed by atoms with E-state index in [9.17, 15) is 10.1 Å². The predicted molar refractivity (Wildman–Crippen MR) is 60.6 cm³/mol. The molecule has 86 valence electrons. The molecule has 1 spiro atoms. The summed E-state index contributed by atoms with van der Waals surface area (Å²) in [6.45, 7) is 0.516. The van der Waals surface area contributed by atoms with Gasteiger partial charge in [0.2, 0.25) is 0 Å². The quantitative estimate of drug-likeness (QED) is 0.677. The first kappa shape index (κ1) is 10.2. The van der Waals surface area contributed by atoms with Gasteiger partial charge in [0.15, 0.2) is 5.82 Å². The summed E-state index contributed by atoms with van der Waals surface area (Å²) in [5, 5.41) is 22.4. The van der Waals surface area contributed by atoms with Crippen molar-refractivity contribution >= 4 is 18.5 Å². The molecule has 1 aromatic rings. The van der Waals surface area contributed by atoms with Crippen LogP contribution in [0.4, 0.5) is 5.82 Å². The van der Waals surface area contributed by atoms with Gasteiger partial charge in [-0.25, -0.2) is 10.1 Å². The van der Waals surface area contributed by atoms with Crippen molar-refractivity contribution in [3.63, 3.8) is 0 Å². The number of carbonyl (C=O) groups is 1. The minimum Gasteiger partial charge on any atom is -0.477 e. The molecule has 0 amide bonds. The first-order valence-electron chi connectivity index (χ1n) is 5.55. The molecule has 0 atom stereocenters. The molecule has 17 heavy (non-hydrogen) atoms. The molecule has 1 aliphatic carbocycles. The fraction of sp³-hybridized carbons (Fsp3) is 0.500. The summed E-state index contributed by atoms with van der Waals surface area (Å²) >= 11 is 0. The smallest absolute Gasteiger partial charge is 0.341 e. The number of fused-ring (bicyclic) bond motifs is 1. The Kier molecular flexibility index (Phi) is 1.82. The molecule has 1 fully saturated rings. The summed E-state index contributed by atoms with van der Waals surface area (Å²) in [6.07, 6.45) is 2.49. The highest BCUT2D eigenvalue weighted by Crippen LogP contribution is 2.59. The van der Waals surface area contributed by atoms with Crippen LogP contribution in [0.3, 0.4) is 0 Å². The molecule has 1 saturated carbocycles. The summed E-state index contributed by atoms with van der Waals surface area (Å²) in [5.41, 5.74) is 6.29. The predicted octanol–water partition coefficient (Wildman–Crippen LogP) is 0.351. The van der Waals surface area contributed by atoms with Crippen molar-refractivity contribution in [1.82, 2.24) is 9.78 Å². The highest BCUT2D eigenvalue weighted by atomic mass is 16.4. The second kappa shape index (κ2) is 3.03. The molecule has 0 saturated heterocycles. The summed E-state index contributed by atoms with van der Waals surface area (Å²) in [7, 11) is 0. The minimum atomic E-state index is -1.06. The van der Waals surface area contributed by atoms with Gasteiger partial charge in [0.25, 0.3) is 6.71 Å². The van der Waals surface area contributed by atoms with Crippen molar-refractivity contribution < 1.29 is 9.90 Å². The highest BCUT2D eigenvalue weighted by molar-refractivity contribution is 6.70. The van der Waals surface area contributed by atoms with Gasteiger partial charge in [-0.1, -0.05) is 12.8 Å². The molecule has 0 aromatic carbocycles. The lowest BCUT2D eigenvalue weighted by Crippen LogP contribution is -2.35. The zero-order valence-electron chi connectivity index (χ0n) is 9.18. The molecule has 3 rings (SSSR count). The van der Waals surface area contributed by atoms with Crippen molar-refractivity contribution in [2.24, 2.45) is 0 Å². The maximum Gasteiger partial charge on any atom is 0.341 e. The number of aromatic nitrogens is 2. The molecule has 1 aromatic heterocycles. The molecular formula is C10H11BN4O2. The number of carboxylic acids is 1. The maximum atomic E-state index is 11.1. The number of nitrogen functional groups attached to an aromatic ring is 1. The van der Waals surface area contributed by atoms with Gasteiger partial charge in [-0.3, -0.25) is 4.68 Å². The summed E-state index contributed by atoms with van der Waals surface area (Å²) < 4.78 is 1.68. The normalized spacial score (nSPS) is 19.8. The summed E-state index contributed by atoms with van der Waals surface area (Å²) in [4.78, 5) is 11.1. The lowest BCUT2D eigenvalue weighted by Gasteiger charge is -2.25. The van der Waals surface area contributed by atoms with Crippen LogP contribution in [0.5, 0.6) is 0 Å². The van der Waals surface area contributed by atoms with Gasteiger partial charge >= 0.3 is 5.97 Å². The topological polar surface area (TPSA) is 105 Å². The minimum absolute atomic E-state index is 0.0238. The number of hydrogen-bond donors (Lipinski definition) is 2. The van der Waals surface area contributed by atoms with Crippen molar-refractivity contribution in [1.29, 1.82) is 5.26 Å². The Labute approximate surface area is 98.1 Å². The van der Waals surface area contributed by atoms with E-state index in [2.05, 4.69) is 11.1 Å².